The van der Waals surface area contributed by atoms with E-state index in [0.717, 1.165) is 25.7 Å². The minimum atomic E-state index is -4.12. The summed E-state index contributed by atoms with van der Waals surface area (Å²) in [6, 6.07) is 0. The molecule has 0 aromatic carbocycles. The van der Waals surface area contributed by atoms with Crippen LogP contribution in [0, 0.1) is 0 Å². The minimum Gasteiger partial charge on any atom is -0.756 e. The Kier molecular flexibility index (Phi) is 32.7. The highest BCUT2D eigenvalue weighted by atomic mass is 31.2. The predicted molar refractivity (Wildman–Crippen MR) is 169 cm³/mol. The highest BCUT2D eigenvalue weighted by molar-refractivity contribution is 7.45. The van der Waals surface area contributed by atoms with Crippen LogP contribution in [0.25, 0.3) is 0 Å². The molecule has 0 N–H and O–H groups in total. The van der Waals surface area contributed by atoms with Crippen LogP contribution in [0.2, 0.25) is 0 Å². The molecule has 0 bridgehead atoms. The highest BCUT2D eigenvalue weighted by Gasteiger charge is 2.08. The first kappa shape index (κ1) is 39.1. The molecule has 0 aliphatic carbocycles. The van der Waals surface area contributed by atoms with Crippen LogP contribution in [0.3, 0.4) is 0 Å². The van der Waals surface area contributed by atoms with Crippen molar-refractivity contribution in [1.29, 1.82) is 0 Å². The number of unbranched alkanes of at least 4 members (excludes halogenated alkanes) is 28. The fourth-order valence-corrected chi connectivity index (χ4v) is 6.12. The van der Waals surface area contributed by atoms with Crippen LogP contribution in [0.15, 0.2) is 0 Å². The minimum absolute atomic E-state index is 0.262. The van der Waals surface area contributed by atoms with Gasteiger partial charge in [0.2, 0.25) is 0 Å². The van der Waals surface area contributed by atoms with Gasteiger partial charge in [-0.2, -0.15) is 0 Å². The fourth-order valence-electron chi connectivity index (χ4n) is 5.34. The Morgan fingerprint density at radius 1 is 0.359 bits per heavy atom. The van der Waals surface area contributed by atoms with Crippen molar-refractivity contribution in [2.75, 3.05) is 13.2 Å². The summed E-state index contributed by atoms with van der Waals surface area (Å²) < 4.78 is 22.0. The van der Waals surface area contributed by atoms with Crippen molar-refractivity contribution in [1.82, 2.24) is 0 Å². The smallest absolute Gasteiger partial charge is 0.267 e. The zero-order valence-electron chi connectivity index (χ0n) is 26.7. The van der Waals surface area contributed by atoms with Crippen molar-refractivity contribution in [3.8, 4) is 0 Å². The van der Waals surface area contributed by atoms with E-state index in [1.54, 1.807) is 0 Å². The van der Waals surface area contributed by atoms with Gasteiger partial charge in [-0.05, 0) is 12.8 Å². The summed E-state index contributed by atoms with van der Waals surface area (Å²) in [5.74, 6) is 0. The van der Waals surface area contributed by atoms with Crippen LogP contribution in [-0.2, 0) is 13.6 Å². The summed E-state index contributed by atoms with van der Waals surface area (Å²) in [5, 5.41) is 0. The van der Waals surface area contributed by atoms with Crippen molar-refractivity contribution in [2.45, 2.75) is 206 Å². The van der Waals surface area contributed by atoms with Gasteiger partial charge in [0.25, 0.3) is 7.82 Å². The molecule has 5 heteroatoms. The zero-order valence-corrected chi connectivity index (χ0v) is 27.6. The highest BCUT2D eigenvalue weighted by Crippen LogP contribution is 2.38. The Labute approximate surface area is 245 Å². The molecule has 0 saturated heterocycles. The van der Waals surface area contributed by atoms with E-state index >= 15 is 0 Å². The van der Waals surface area contributed by atoms with Crippen LogP contribution in [0.5, 0.6) is 0 Å². The largest absolute Gasteiger partial charge is 0.756 e. The van der Waals surface area contributed by atoms with Gasteiger partial charge < -0.3 is 13.9 Å². The first-order chi connectivity index (χ1) is 19.1. The molecular formula is C34H70O4P-. The molecule has 0 rings (SSSR count). The zero-order chi connectivity index (χ0) is 28.5. The summed E-state index contributed by atoms with van der Waals surface area (Å²) in [6.45, 7) is 5.07. The molecule has 0 fully saturated rings. The van der Waals surface area contributed by atoms with E-state index in [1.807, 2.05) is 0 Å². The number of phosphoric acid groups is 1. The molecule has 0 aliphatic heterocycles. The summed E-state index contributed by atoms with van der Waals surface area (Å²) in [7, 11) is -4.12. The number of hydrogen-bond acceptors (Lipinski definition) is 4. The van der Waals surface area contributed by atoms with E-state index in [1.165, 1.54) is 167 Å². The third-order valence-electron chi connectivity index (χ3n) is 7.99. The topological polar surface area (TPSA) is 58.6 Å². The molecular weight excluding hydrogens is 503 g/mol. The lowest BCUT2D eigenvalue weighted by Crippen LogP contribution is -2.10. The average molecular weight is 574 g/mol. The maximum Gasteiger partial charge on any atom is 0.267 e. The van der Waals surface area contributed by atoms with E-state index in [-0.39, 0.29) is 13.2 Å². The van der Waals surface area contributed by atoms with Gasteiger partial charge >= 0.3 is 0 Å². The first-order valence-electron chi connectivity index (χ1n) is 17.7. The van der Waals surface area contributed by atoms with Gasteiger partial charge in [-0.1, -0.05) is 194 Å². The lowest BCUT2D eigenvalue weighted by atomic mass is 10.0. The molecule has 0 saturated carbocycles. The second-order valence-electron chi connectivity index (χ2n) is 12.0. The van der Waals surface area contributed by atoms with Crippen molar-refractivity contribution in [3.63, 3.8) is 0 Å². The molecule has 0 heterocycles. The van der Waals surface area contributed by atoms with Crippen LogP contribution in [0.1, 0.15) is 206 Å². The first-order valence-corrected chi connectivity index (χ1v) is 19.2. The molecule has 0 aliphatic rings. The predicted octanol–water partition coefficient (Wildman–Crippen LogP) is 12.2. The van der Waals surface area contributed by atoms with Gasteiger partial charge in [-0.25, -0.2) is 0 Å². The summed E-state index contributed by atoms with van der Waals surface area (Å²) in [4.78, 5) is 11.9. The van der Waals surface area contributed by atoms with Crippen LogP contribution in [0.4, 0.5) is 0 Å². The number of phosphoric ester groups is 1. The van der Waals surface area contributed by atoms with E-state index in [0.29, 0.717) is 0 Å². The van der Waals surface area contributed by atoms with Gasteiger partial charge in [0.05, 0.1) is 13.2 Å². The average Bonchev–Trinajstić information content (AvgIpc) is 2.92. The lowest BCUT2D eigenvalue weighted by Gasteiger charge is -2.22. The second-order valence-corrected chi connectivity index (χ2v) is 13.4. The fraction of sp³-hybridized carbons (Fsp3) is 1.00. The molecule has 0 amide bonds. The van der Waals surface area contributed by atoms with Gasteiger partial charge in [0, 0.05) is 0 Å². The Morgan fingerprint density at radius 3 is 0.744 bits per heavy atom. The normalized spacial score (nSPS) is 12.0. The lowest BCUT2D eigenvalue weighted by molar-refractivity contribution is -0.225. The third kappa shape index (κ3) is 34.2. The van der Waals surface area contributed by atoms with Gasteiger partial charge in [-0.15, -0.1) is 0 Å². The van der Waals surface area contributed by atoms with E-state index in [2.05, 4.69) is 13.8 Å². The standard InChI is InChI=1S/C34H71O4P/c1-3-5-7-9-11-13-15-17-19-21-23-25-27-29-31-33-37-39(35,36)38-34-32-30-28-26-24-22-20-18-16-14-12-10-8-6-4-2/h3-34H2,1-2H3,(H,35,36)/p-1. The second kappa shape index (κ2) is 32.6. The number of rotatable bonds is 34. The Balaban J connectivity index is 3.27. The quantitative estimate of drug-likeness (QED) is 0.0567. The molecule has 4 nitrogen and oxygen atoms in total. The van der Waals surface area contributed by atoms with E-state index in [9.17, 15) is 9.46 Å². The molecule has 0 aromatic heterocycles. The number of hydrogen-bond donors (Lipinski definition) is 0. The van der Waals surface area contributed by atoms with Gasteiger partial charge in [-0.3, -0.25) is 4.57 Å². The van der Waals surface area contributed by atoms with Crippen molar-refractivity contribution in [3.05, 3.63) is 0 Å². The van der Waals surface area contributed by atoms with Gasteiger partial charge in [0.15, 0.2) is 0 Å². The Morgan fingerprint density at radius 2 is 0.538 bits per heavy atom. The maximum absolute atomic E-state index is 11.9. The van der Waals surface area contributed by atoms with Crippen LogP contribution in [-0.4, -0.2) is 13.2 Å². The van der Waals surface area contributed by atoms with Crippen molar-refractivity contribution >= 4 is 7.82 Å². The van der Waals surface area contributed by atoms with Crippen molar-refractivity contribution in [2.24, 2.45) is 0 Å². The molecule has 0 spiro atoms. The summed E-state index contributed by atoms with van der Waals surface area (Å²) in [6.07, 6.45) is 38.9. The SMILES string of the molecule is CCCCCCCCCCCCCCCCCOP(=O)([O-])OCCCCCCCCCCCCCCCCC. The Bertz CT molecular complexity index is 460. The van der Waals surface area contributed by atoms with Gasteiger partial charge in [0.1, 0.15) is 0 Å². The van der Waals surface area contributed by atoms with E-state index in [4.69, 9.17) is 9.05 Å². The summed E-state index contributed by atoms with van der Waals surface area (Å²) in [5.41, 5.74) is 0. The molecule has 0 radical (unpaired) electrons. The molecule has 0 aromatic rings. The molecule has 0 unspecified atom stereocenters. The monoisotopic (exact) mass is 574 g/mol. The summed E-state index contributed by atoms with van der Waals surface area (Å²) >= 11 is 0. The van der Waals surface area contributed by atoms with E-state index < -0.39 is 7.82 Å². The Hall–Kier alpha value is 0.110. The third-order valence-corrected chi connectivity index (χ3v) is 8.99. The molecule has 236 valence electrons. The van der Waals surface area contributed by atoms with Crippen LogP contribution < -0.4 is 4.89 Å². The van der Waals surface area contributed by atoms with Crippen molar-refractivity contribution < 1.29 is 18.5 Å². The molecule has 39 heavy (non-hydrogen) atoms. The molecule has 0 atom stereocenters. The maximum atomic E-state index is 11.9. The van der Waals surface area contributed by atoms with Crippen LogP contribution >= 0.6 is 7.82 Å².